The summed E-state index contributed by atoms with van der Waals surface area (Å²) in [6.07, 6.45) is 0.337. The molecule has 0 aliphatic heterocycles. The number of ether oxygens (including phenoxy) is 1. The van der Waals surface area contributed by atoms with Gasteiger partial charge in [-0.25, -0.2) is 0 Å². The zero-order valence-corrected chi connectivity index (χ0v) is 13.6. The van der Waals surface area contributed by atoms with Gasteiger partial charge in [-0.2, -0.15) is 0 Å². The Kier molecular flexibility index (Phi) is 4.84. The fourth-order valence-corrected chi connectivity index (χ4v) is 2.77. The van der Waals surface area contributed by atoms with Crippen LogP contribution in [0.5, 0.6) is 5.75 Å². The van der Waals surface area contributed by atoms with Gasteiger partial charge in [0.15, 0.2) is 5.78 Å². The molecule has 2 aromatic rings. The first-order valence-corrected chi connectivity index (χ1v) is 7.30. The maximum atomic E-state index is 12.3. The summed E-state index contributed by atoms with van der Waals surface area (Å²) < 4.78 is 6.02. The molecule has 0 aliphatic rings. The third-order valence-electron chi connectivity index (χ3n) is 3.15. The summed E-state index contributed by atoms with van der Waals surface area (Å²) in [5.74, 6) is 0.808. The lowest BCUT2D eigenvalue weighted by Crippen LogP contribution is -2.06. The second kappa shape index (κ2) is 6.42. The maximum absolute atomic E-state index is 12.3. The van der Waals surface area contributed by atoms with E-state index in [-0.39, 0.29) is 5.78 Å². The Morgan fingerprint density at radius 1 is 1.30 bits per heavy atom. The van der Waals surface area contributed by atoms with Crippen molar-refractivity contribution in [3.63, 3.8) is 0 Å². The molecule has 2 nitrogen and oxygen atoms in total. The minimum absolute atomic E-state index is 0.0575. The van der Waals surface area contributed by atoms with Gasteiger partial charge in [-0.1, -0.05) is 29.8 Å². The van der Waals surface area contributed by atoms with E-state index in [0.29, 0.717) is 17.0 Å². The Bertz CT molecular complexity index is 653. The third kappa shape index (κ3) is 3.22. The number of benzene rings is 2. The van der Waals surface area contributed by atoms with Crippen LogP contribution in [0, 0.1) is 6.92 Å². The summed E-state index contributed by atoms with van der Waals surface area (Å²) >= 11 is 9.47. The summed E-state index contributed by atoms with van der Waals surface area (Å²) in [6.45, 7) is 1.86. The first kappa shape index (κ1) is 15.1. The van der Waals surface area contributed by atoms with Crippen LogP contribution >= 0.6 is 27.5 Å². The molecule has 0 spiro atoms. The number of methoxy groups -OCH3 is 1. The highest BCUT2D eigenvalue weighted by Gasteiger charge is 2.12. The number of ketones is 1. The van der Waals surface area contributed by atoms with Crippen molar-refractivity contribution in [1.82, 2.24) is 0 Å². The van der Waals surface area contributed by atoms with E-state index in [1.54, 1.807) is 19.2 Å². The average Bonchev–Trinajstić information content (AvgIpc) is 2.42. The smallest absolute Gasteiger partial charge is 0.167 e. The Labute approximate surface area is 131 Å². The standard InChI is InChI=1S/C16H14BrClO2/c1-10-12(4-3-5-14(10)18)15(19)9-11-6-7-16(20-2)13(17)8-11/h3-8H,9H2,1-2H3. The number of Topliss-reactive ketones (excluding diaryl/α,β-unsaturated/α-hetero) is 1. The minimum atomic E-state index is 0.0575. The van der Waals surface area contributed by atoms with Gasteiger partial charge in [0.2, 0.25) is 0 Å². The Morgan fingerprint density at radius 3 is 2.70 bits per heavy atom. The molecule has 0 aromatic heterocycles. The lowest BCUT2D eigenvalue weighted by Gasteiger charge is -2.08. The van der Waals surface area contributed by atoms with E-state index >= 15 is 0 Å². The summed E-state index contributed by atoms with van der Waals surface area (Å²) in [7, 11) is 1.61. The van der Waals surface area contributed by atoms with Gasteiger partial charge in [0, 0.05) is 17.0 Å². The molecule has 20 heavy (non-hydrogen) atoms. The molecule has 0 aliphatic carbocycles. The molecule has 0 amide bonds. The Hall–Kier alpha value is -1.32. The molecule has 0 saturated carbocycles. The predicted octanol–water partition coefficient (Wildman–Crippen LogP) is 4.84. The highest BCUT2D eigenvalue weighted by molar-refractivity contribution is 9.10. The van der Waals surface area contributed by atoms with Gasteiger partial charge in [0.25, 0.3) is 0 Å². The van der Waals surface area contributed by atoms with Crippen LogP contribution in [0.4, 0.5) is 0 Å². The van der Waals surface area contributed by atoms with E-state index in [1.807, 2.05) is 31.2 Å². The van der Waals surface area contributed by atoms with Crippen LogP contribution in [0.3, 0.4) is 0 Å². The number of carbonyl (C=O) groups excluding carboxylic acids is 1. The van der Waals surface area contributed by atoms with Gasteiger partial charge in [0.05, 0.1) is 11.6 Å². The zero-order valence-electron chi connectivity index (χ0n) is 11.2. The zero-order chi connectivity index (χ0) is 14.7. The van der Waals surface area contributed by atoms with E-state index in [1.165, 1.54) is 0 Å². The van der Waals surface area contributed by atoms with Crippen molar-refractivity contribution in [2.75, 3.05) is 7.11 Å². The molecule has 0 unspecified atom stereocenters. The minimum Gasteiger partial charge on any atom is -0.496 e. The molecule has 0 bridgehead atoms. The Morgan fingerprint density at radius 2 is 2.05 bits per heavy atom. The van der Waals surface area contributed by atoms with Gasteiger partial charge >= 0.3 is 0 Å². The number of hydrogen-bond donors (Lipinski definition) is 0. The lowest BCUT2D eigenvalue weighted by atomic mass is 9.99. The van der Waals surface area contributed by atoms with Crippen LogP contribution in [0.2, 0.25) is 5.02 Å². The fourth-order valence-electron chi connectivity index (χ4n) is 2.01. The molecular formula is C16H14BrClO2. The quantitative estimate of drug-likeness (QED) is 0.735. The second-order valence-electron chi connectivity index (χ2n) is 4.48. The molecule has 0 fully saturated rings. The molecule has 0 saturated heterocycles. The van der Waals surface area contributed by atoms with E-state index in [0.717, 1.165) is 21.3 Å². The normalized spacial score (nSPS) is 10.4. The topological polar surface area (TPSA) is 26.3 Å². The SMILES string of the molecule is COc1ccc(CC(=O)c2cccc(Cl)c2C)cc1Br. The molecule has 0 atom stereocenters. The summed E-state index contributed by atoms with van der Waals surface area (Å²) in [6, 6.07) is 11.0. The van der Waals surface area contributed by atoms with Crippen LogP contribution < -0.4 is 4.74 Å². The maximum Gasteiger partial charge on any atom is 0.167 e. The van der Waals surface area contributed by atoms with Crippen LogP contribution in [0.1, 0.15) is 21.5 Å². The molecule has 0 N–H and O–H groups in total. The van der Waals surface area contributed by atoms with Crippen LogP contribution in [-0.4, -0.2) is 12.9 Å². The number of hydrogen-bond acceptors (Lipinski definition) is 2. The molecule has 4 heteroatoms. The largest absolute Gasteiger partial charge is 0.496 e. The predicted molar refractivity (Wildman–Crippen MR) is 84.9 cm³/mol. The molecule has 0 heterocycles. The van der Waals surface area contributed by atoms with Gasteiger partial charge in [-0.3, -0.25) is 4.79 Å². The summed E-state index contributed by atoms with van der Waals surface area (Å²) in [4.78, 5) is 12.3. The van der Waals surface area contributed by atoms with Crippen LogP contribution in [0.25, 0.3) is 0 Å². The van der Waals surface area contributed by atoms with Crippen molar-refractivity contribution in [2.45, 2.75) is 13.3 Å². The average molecular weight is 354 g/mol. The molecule has 2 rings (SSSR count). The molecular weight excluding hydrogens is 340 g/mol. The highest BCUT2D eigenvalue weighted by Crippen LogP contribution is 2.26. The first-order valence-electron chi connectivity index (χ1n) is 6.13. The molecule has 2 aromatic carbocycles. The van der Waals surface area contributed by atoms with E-state index in [4.69, 9.17) is 16.3 Å². The first-order chi connectivity index (χ1) is 9.52. The molecule has 104 valence electrons. The van der Waals surface area contributed by atoms with Crippen molar-refractivity contribution in [2.24, 2.45) is 0 Å². The lowest BCUT2D eigenvalue weighted by molar-refractivity contribution is 0.0992. The monoisotopic (exact) mass is 352 g/mol. The highest BCUT2D eigenvalue weighted by atomic mass is 79.9. The van der Waals surface area contributed by atoms with E-state index < -0.39 is 0 Å². The van der Waals surface area contributed by atoms with Crippen molar-refractivity contribution in [3.05, 3.63) is 62.6 Å². The van der Waals surface area contributed by atoms with Crippen molar-refractivity contribution in [1.29, 1.82) is 0 Å². The Balaban J connectivity index is 2.24. The summed E-state index contributed by atoms with van der Waals surface area (Å²) in [5.41, 5.74) is 2.43. The number of rotatable bonds is 4. The number of carbonyl (C=O) groups is 1. The van der Waals surface area contributed by atoms with E-state index in [9.17, 15) is 4.79 Å². The summed E-state index contributed by atoms with van der Waals surface area (Å²) in [5, 5.41) is 0.617. The second-order valence-corrected chi connectivity index (χ2v) is 5.74. The van der Waals surface area contributed by atoms with Gasteiger partial charge in [-0.05, 0) is 52.2 Å². The number of halogens is 2. The van der Waals surface area contributed by atoms with Crippen LogP contribution in [-0.2, 0) is 6.42 Å². The van der Waals surface area contributed by atoms with Crippen molar-refractivity contribution in [3.8, 4) is 5.75 Å². The van der Waals surface area contributed by atoms with Gasteiger partial charge in [0.1, 0.15) is 5.75 Å². The van der Waals surface area contributed by atoms with Gasteiger partial charge < -0.3 is 4.74 Å². The molecule has 0 radical (unpaired) electrons. The van der Waals surface area contributed by atoms with Gasteiger partial charge in [-0.15, -0.1) is 0 Å². The van der Waals surface area contributed by atoms with E-state index in [2.05, 4.69) is 15.9 Å². The van der Waals surface area contributed by atoms with Crippen LogP contribution in [0.15, 0.2) is 40.9 Å². The van der Waals surface area contributed by atoms with Crippen molar-refractivity contribution >= 4 is 33.3 Å². The fraction of sp³-hybridized carbons (Fsp3) is 0.188. The van der Waals surface area contributed by atoms with Crippen molar-refractivity contribution < 1.29 is 9.53 Å². The third-order valence-corrected chi connectivity index (χ3v) is 4.18.